The molecule has 3 heteroatoms. The number of anilines is 3. The van der Waals surface area contributed by atoms with Gasteiger partial charge in [-0.1, -0.05) is 19.1 Å². The van der Waals surface area contributed by atoms with Crippen LogP contribution in [-0.4, -0.2) is 4.98 Å². The molecule has 0 unspecified atom stereocenters. The third-order valence-corrected chi connectivity index (χ3v) is 2.75. The molecule has 1 heterocycles. The van der Waals surface area contributed by atoms with Crippen molar-refractivity contribution < 1.29 is 0 Å². The molecule has 2 rings (SSSR count). The standard InChI is InChI=1S/C14H17N3/c1-3-11-5-4-6-12(7-11)17-14-8-13(15)10(2)9-16-14/h4-9H,3H2,1-2H3,(H3,15,16,17). The van der Waals surface area contributed by atoms with Gasteiger partial charge in [0, 0.05) is 23.6 Å². The van der Waals surface area contributed by atoms with Crippen molar-refractivity contribution in [2.24, 2.45) is 0 Å². The number of hydrogen-bond donors (Lipinski definition) is 2. The predicted octanol–water partition coefficient (Wildman–Crippen LogP) is 3.28. The number of aryl methyl sites for hydroxylation is 2. The number of nitrogens with one attached hydrogen (secondary N) is 1. The molecule has 0 bridgehead atoms. The van der Waals surface area contributed by atoms with E-state index in [2.05, 4.69) is 29.4 Å². The molecule has 0 atom stereocenters. The van der Waals surface area contributed by atoms with Crippen molar-refractivity contribution in [3.05, 3.63) is 47.7 Å². The second kappa shape index (κ2) is 4.87. The van der Waals surface area contributed by atoms with Gasteiger partial charge in [0.1, 0.15) is 5.82 Å². The van der Waals surface area contributed by atoms with Gasteiger partial charge in [-0.05, 0) is 36.6 Å². The van der Waals surface area contributed by atoms with E-state index in [0.29, 0.717) is 0 Å². The molecule has 0 radical (unpaired) electrons. The number of hydrogen-bond acceptors (Lipinski definition) is 3. The van der Waals surface area contributed by atoms with Crippen LogP contribution in [0.15, 0.2) is 36.5 Å². The van der Waals surface area contributed by atoms with Crippen molar-refractivity contribution in [3.8, 4) is 0 Å². The first-order valence-corrected chi connectivity index (χ1v) is 5.77. The average Bonchev–Trinajstić information content (AvgIpc) is 2.34. The lowest BCUT2D eigenvalue weighted by molar-refractivity contribution is 1.14. The molecule has 17 heavy (non-hydrogen) atoms. The molecule has 0 amide bonds. The fraction of sp³-hybridized carbons (Fsp3) is 0.214. The number of nitrogens with two attached hydrogens (primary N) is 1. The summed E-state index contributed by atoms with van der Waals surface area (Å²) >= 11 is 0. The molecule has 1 aromatic carbocycles. The van der Waals surface area contributed by atoms with Crippen LogP contribution in [-0.2, 0) is 6.42 Å². The highest BCUT2D eigenvalue weighted by molar-refractivity contribution is 5.61. The van der Waals surface area contributed by atoms with Gasteiger partial charge in [-0.3, -0.25) is 0 Å². The van der Waals surface area contributed by atoms with Crippen molar-refractivity contribution >= 4 is 17.2 Å². The Kier molecular flexibility index (Phi) is 3.28. The molecular formula is C14H17N3. The number of nitrogen functional groups attached to an aromatic ring is 1. The lowest BCUT2D eigenvalue weighted by atomic mass is 10.1. The molecule has 0 saturated carbocycles. The highest BCUT2D eigenvalue weighted by atomic mass is 15.0. The minimum Gasteiger partial charge on any atom is -0.398 e. The molecule has 0 saturated heterocycles. The average molecular weight is 227 g/mol. The zero-order chi connectivity index (χ0) is 12.3. The maximum atomic E-state index is 5.85. The summed E-state index contributed by atoms with van der Waals surface area (Å²) in [7, 11) is 0. The Morgan fingerprint density at radius 2 is 2.12 bits per heavy atom. The summed E-state index contributed by atoms with van der Waals surface area (Å²) in [6.07, 6.45) is 2.81. The second-order valence-electron chi connectivity index (χ2n) is 4.11. The van der Waals surface area contributed by atoms with E-state index in [1.807, 2.05) is 25.1 Å². The van der Waals surface area contributed by atoms with E-state index in [-0.39, 0.29) is 0 Å². The number of benzene rings is 1. The Labute approximate surface area is 102 Å². The maximum absolute atomic E-state index is 5.85. The van der Waals surface area contributed by atoms with Crippen LogP contribution in [0.3, 0.4) is 0 Å². The predicted molar refractivity (Wildman–Crippen MR) is 72.5 cm³/mol. The molecule has 0 fully saturated rings. The Morgan fingerprint density at radius 1 is 1.29 bits per heavy atom. The van der Waals surface area contributed by atoms with Crippen LogP contribution in [0.2, 0.25) is 0 Å². The summed E-state index contributed by atoms with van der Waals surface area (Å²) in [5.74, 6) is 0.779. The van der Waals surface area contributed by atoms with Gasteiger partial charge < -0.3 is 11.1 Å². The normalized spacial score (nSPS) is 10.2. The van der Waals surface area contributed by atoms with Gasteiger partial charge in [-0.25, -0.2) is 4.98 Å². The first-order valence-electron chi connectivity index (χ1n) is 5.77. The van der Waals surface area contributed by atoms with Crippen LogP contribution in [0.5, 0.6) is 0 Å². The largest absolute Gasteiger partial charge is 0.398 e. The van der Waals surface area contributed by atoms with E-state index in [1.54, 1.807) is 6.20 Å². The second-order valence-corrected chi connectivity index (χ2v) is 4.11. The summed E-state index contributed by atoms with van der Waals surface area (Å²) in [4.78, 5) is 4.30. The Balaban J connectivity index is 2.22. The Bertz CT molecular complexity index is 521. The zero-order valence-corrected chi connectivity index (χ0v) is 10.2. The monoisotopic (exact) mass is 227 g/mol. The van der Waals surface area contributed by atoms with Crippen LogP contribution in [0.25, 0.3) is 0 Å². The van der Waals surface area contributed by atoms with Gasteiger partial charge in [0.15, 0.2) is 0 Å². The van der Waals surface area contributed by atoms with Gasteiger partial charge in [0.05, 0.1) is 0 Å². The summed E-state index contributed by atoms with van der Waals surface area (Å²) in [6, 6.07) is 10.2. The van der Waals surface area contributed by atoms with Gasteiger partial charge in [0.2, 0.25) is 0 Å². The third-order valence-electron chi connectivity index (χ3n) is 2.75. The smallest absolute Gasteiger partial charge is 0.132 e. The van der Waals surface area contributed by atoms with E-state index in [9.17, 15) is 0 Å². The number of pyridine rings is 1. The first kappa shape index (κ1) is 11.5. The molecule has 0 aliphatic carbocycles. The summed E-state index contributed by atoms with van der Waals surface area (Å²) in [6.45, 7) is 4.09. The zero-order valence-electron chi connectivity index (χ0n) is 10.2. The molecule has 0 aliphatic heterocycles. The SMILES string of the molecule is CCc1cccc(Nc2cc(N)c(C)cn2)c1. The number of nitrogens with zero attached hydrogens (tertiary/aromatic N) is 1. The first-order chi connectivity index (χ1) is 8.19. The van der Waals surface area contributed by atoms with Crippen LogP contribution >= 0.6 is 0 Å². The molecule has 3 N–H and O–H groups in total. The van der Waals surface area contributed by atoms with Gasteiger partial charge in [-0.15, -0.1) is 0 Å². The molecule has 0 spiro atoms. The fourth-order valence-corrected chi connectivity index (χ4v) is 1.62. The molecular weight excluding hydrogens is 210 g/mol. The van der Waals surface area contributed by atoms with Gasteiger partial charge in [-0.2, -0.15) is 0 Å². The van der Waals surface area contributed by atoms with Crippen LogP contribution in [0, 0.1) is 6.92 Å². The van der Waals surface area contributed by atoms with Gasteiger partial charge in [0.25, 0.3) is 0 Å². The number of rotatable bonds is 3. The Hall–Kier alpha value is -2.03. The molecule has 88 valence electrons. The van der Waals surface area contributed by atoms with Crippen LogP contribution < -0.4 is 11.1 Å². The van der Waals surface area contributed by atoms with Crippen molar-refractivity contribution in [1.82, 2.24) is 4.98 Å². The van der Waals surface area contributed by atoms with Crippen LogP contribution in [0.1, 0.15) is 18.1 Å². The number of aromatic nitrogens is 1. The third kappa shape index (κ3) is 2.75. The van der Waals surface area contributed by atoms with E-state index in [0.717, 1.165) is 29.2 Å². The van der Waals surface area contributed by atoms with Gasteiger partial charge >= 0.3 is 0 Å². The minimum atomic E-state index is 0.758. The van der Waals surface area contributed by atoms with E-state index >= 15 is 0 Å². The molecule has 2 aromatic rings. The lowest BCUT2D eigenvalue weighted by Gasteiger charge is -2.08. The molecule has 0 aliphatic rings. The minimum absolute atomic E-state index is 0.758. The van der Waals surface area contributed by atoms with Crippen molar-refractivity contribution in [1.29, 1.82) is 0 Å². The highest BCUT2D eigenvalue weighted by Crippen LogP contribution is 2.19. The van der Waals surface area contributed by atoms with Crippen LogP contribution in [0.4, 0.5) is 17.2 Å². The van der Waals surface area contributed by atoms with E-state index in [1.165, 1.54) is 5.56 Å². The molecule has 1 aromatic heterocycles. The summed E-state index contributed by atoms with van der Waals surface area (Å²) < 4.78 is 0. The topological polar surface area (TPSA) is 50.9 Å². The maximum Gasteiger partial charge on any atom is 0.132 e. The van der Waals surface area contributed by atoms with Crippen molar-refractivity contribution in [2.75, 3.05) is 11.1 Å². The van der Waals surface area contributed by atoms with E-state index < -0.39 is 0 Å². The summed E-state index contributed by atoms with van der Waals surface area (Å²) in [5, 5.41) is 3.26. The highest BCUT2D eigenvalue weighted by Gasteiger charge is 1.99. The lowest BCUT2D eigenvalue weighted by Crippen LogP contribution is -1.97. The quantitative estimate of drug-likeness (QED) is 0.846. The Morgan fingerprint density at radius 3 is 2.82 bits per heavy atom. The van der Waals surface area contributed by atoms with Crippen molar-refractivity contribution in [2.45, 2.75) is 20.3 Å². The van der Waals surface area contributed by atoms with E-state index in [4.69, 9.17) is 5.73 Å². The molecule has 3 nitrogen and oxygen atoms in total. The summed E-state index contributed by atoms with van der Waals surface area (Å²) in [5.41, 5.74) is 9.95. The fourth-order valence-electron chi connectivity index (χ4n) is 1.62. The van der Waals surface area contributed by atoms with Crippen molar-refractivity contribution in [3.63, 3.8) is 0 Å².